The van der Waals surface area contributed by atoms with Gasteiger partial charge >= 0.3 is 0 Å². The average molecular weight is 364 g/mol. The fourth-order valence-electron chi connectivity index (χ4n) is 1.90. The summed E-state index contributed by atoms with van der Waals surface area (Å²) in [4.78, 5) is 21.0. The zero-order valence-corrected chi connectivity index (χ0v) is 13.2. The van der Waals surface area contributed by atoms with Gasteiger partial charge in [0.25, 0.3) is 5.69 Å². The zero-order valence-electron chi connectivity index (χ0n) is 11.6. The molecule has 2 rings (SSSR count). The first-order valence-electron chi connectivity index (χ1n) is 6.54. The fraction of sp³-hybridized carbons (Fsp3) is 0.133. The van der Waals surface area contributed by atoms with Gasteiger partial charge in [-0.2, -0.15) is 0 Å². The van der Waals surface area contributed by atoms with Crippen molar-refractivity contribution in [1.82, 2.24) is 0 Å². The number of amides is 1. The van der Waals surface area contributed by atoms with E-state index in [2.05, 4.69) is 21.2 Å². The minimum Gasteiger partial charge on any atom is -0.370 e. The lowest BCUT2D eigenvalue weighted by atomic mass is 10.1. The van der Waals surface area contributed by atoms with E-state index in [-0.39, 0.29) is 11.6 Å². The number of rotatable bonds is 6. The van der Waals surface area contributed by atoms with Crippen molar-refractivity contribution in [2.75, 3.05) is 5.32 Å². The molecule has 2 aromatic rings. The molecule has 0 atom stereocenters. The predicted octanol–water partition coefficient (Wildman–Crippen LogP) is 3.52. The summed E-state index contributed by atoms with van der Waals surface area (Å²) in [6.07, 6.45) is 0.928. The van der Waals surface area contributed by atoms with Crippen molar-refractivity contribution in [2.24, 2.45) is 5.73 Å². The fourth-order valence-corrected chi connectivity index (χ4v) is 2.36. The van der Waals surface area contributed by atoms with Crippen molar-refractivity contribution in [3.8, 4) is 0 Å². The lowest BCUT2D eigenvalue weighted by molar-refractivity contribution is -0.384. The van der Waals surface area contributed by atoms with Crippen molar-refractivity contribution in [3.63, 3.8) is 0 Å². The summed E-state index contributed by atoms with van der Waals surface area (Å²) in [7, 11) is 0. The molecule has 0 aliphatic rings. The van der Waals surface area contributed by atoms with Crippen molar-refractivity contribution in [3.05, 3.63) is 62.6 Å². The molecule has 0 fully saturated rings. The third-order valence-corrected chi connectivity index (χ3v) is 3.71. The summed E-state index contributed by atoms with van der Waals surface area (Å²) in [5.74, 6) is -0.322. The number of carbonyl (C=O) groups is 1. The van der Waals surface area contributed by atoms with E-state index >= 15 is 0 Å². The maximum absolute atomic E-state index is 10.8. The molecule has 0 heterocycles. The Kier molecular flexibility index (Phi) is 5.11. The Morgan fingerprint density at radius 1 is 1.23 bits per heavy atom. The number of anilines is 2. The number of nitro groups is 1. The first kappa shape index (κ1) is 16.0. The highest BCUT2D eigenvalue weighted by atomic mass is 79.9. The number of primary amides is 1. The minimum atomic E-state index is -0.442. The van der Waals surface area contributed by atoms with Gasteiger partial charge in [-0.3, -0.25) is 14.9 Å². The Morgan fingerprint density at radius 3 is 2.45 bits per heavy atom. The molecule has 7 heteroatoms. The monoisotopic (exact) mass is 363 g/mol. The van der Waals surface area contributed by atoms with Crippen LogP contribution in [0.5, 0.6) is 0 Å². The third-order valence-electron chi connectivity index (χ3n) is 3.06. The van der Waals surface area contributed by atoms with Crippen molar-refractivity contribution in [1.29, 1.82) is 0 Å². The molecule has 3 N–H and O–H groups in total. The van der Waals surface area contributed by atoms with Crippen LogP contribution in [0.4, 0.5) is 17.1 Å². The molecule has 0 spiro atoms. The van der Waals surface area contributed by atoms with Crippen molar-refractivity contribution >= 4 is 38.9 Å². The number of nitro benzene ring substituents is 1. The van der Waals surface area contributed by atoms with Gasteiger partial charge in [0.15, 0.2) is 0 Å². The van der Waals surface area contributed by atoms with Crippen LogP contribution in [0, 0.1) is 10.1 Å². The second-order valence-electron chi connectivity index (χ2n) is 4.71. The SMILES string of the molecule is NC(=O)CCc1ccc(Nc2ccc([N+](=O)[O-])cc2Br)cc1. The lowest BCUT2D eigenvalue weighted by Gasteiger charge is -2.09. The van der Waals surface area contributed by atoms with Crippen LogP contribution < -0.4 is 11.1 Å². The van der Waals surface area contributed by atoms with E-state index in [1.165, 1.54) is 12.1 Å². The molecule has 0 aliphatic heterocycles. The van der Waals surface area contributed by atoms with E-state index in [0.717, 1.165) is 16.9 Å². The first-order chi connectivity index (χ1) is 10.5. The number of nitrogens with two attached hydrogens (primary N) is 1. The number of benzene rings is 2. The van der Waals surface area contributed by atoms with E-state index in [1.807, 2.05) is 24.3 Å². The smallest absolute Gasteiger partial charge is 0.270 e. The number of hydrogen-bond donors (Lipinski definition) is 2. The van der Waals surface area contributed by atoms with Crippen LogP contribution in [0.25, 0.3) is 0 Å². The largest absolute Gasteiger partial charge is 0.370 e. The molecule has 0 unspecified atom stereocenters. The van der Waals surface area contributed by atoms with Gasteiger partial charge in [0.1, 0.15) is 0 Å². The highest BCUT2D eigenvalue weighted by molar-refractivity contribution is 9.10. The van der Waals surface area contributed by atoms with Crippen LogP contribution >= 0.6 is 15.9 Å². The molecular weight excluding hydrogens is 350 g/mol. The van der Waals surface area contributed by atoms with Gasteiger partial charge < -0.3 is 11.1 Å². The van der Waals surface area contributed by atoms with Crippen LogP contribution in [-0.2, 0) is 11.2 Å². The molecule has 6 nitrogen and oxygen atoms in total. The second kappa shape index (κ2) is 7.04. The molecular formula is C15H14BrN3O3. The van der Waals surface area contributed by atoms with Crippen LogP contribution in [-0.4, -0.2) is 10.8 Å². The molecule has 0 saturated carbocycles. The topological polar surface area (TPSA) is 98.3 Å². The third kappa shape index (κ3) is 4.29. The van der Waals surface area contributed by atoms with E-state index in [0.29, 0.717) is 17.3 Å². The summed E-state index contributed by atoms with van der Waals surface area (Å²) in [6.45, 7) is 0. The molecule has 2 aromatic carbocycles. The molecule has 114 valence electrons. The maximum Gasteiger partial charge on any atom is 0.270 e. The normalized spacial score (nSPS) is 10.2. The number of carbonyl (C=O) groups excluding carboxylic acids is 1. The Bertz CT molecular complexity index is 702. The molecule has 0 aromatic heterocycles. The van der Waals surface area contributed by atoms with Gasteiger partial charge in [0, 0.05) is 28.7 Å². The molecule has 0 bridgehead atoms. The number of halogens is 1. The minimum absolute atomic E-state index is 0.0271. The quantitative estimate of drug-likeness (QED) is 0.605. The number of nitrogens with one attached hydrogen (secondary N) is 1. The Balaban J connectivity index is 2.07. The number of nitrogens with zero attached hydrogens (tertiary/aromatic N) is 1. The predicted molar refractivity (Wildman–Crippen MR) is 88.0 cm³/mol. The summed E-state index contributed by atoms with van der Waals surface area (Å²) in [6, 6.07) is 12.1. The summed E-state index contributed by atoms with van der Waals surface area (Å²) < 4.78 is 0.611. The summed E-state index contributed by atoms with van der Waals surface area (Å²) >= 11 is 3.31. The molecule has 1 amide bonds. The highest BCUT2D eigenvalue weighted by Crippen LogP contribution is 2.29. The second-order valence-corrected chi connectivity index (χ2v) is 5.56. The van der Waals surface area contributed by atoms with Crippen LogP contribution in [0.15, 0.2) is 46.9 Å². The van der Waals surface area contributed by atoms with E-state index in [9.17, 15) is 14.9 Å². The maximum atomic E-state index is 10.8. The Hall–Kier alpha value is -2.41. The van der Waals surface area contributed by atoms with Gasteiger partial charge in [0.05, 0.1) is 10.6 Å². The molecule has 22 heavy (non-hydrogen) atoms. The number of non-ortho nitro benzene ring substituents is 1. The van der Waals surface area contributed by atoms with Crippen molar-refractivity contribution in [2.45, 2.75) is 12.8 Å². The van der Waals surface area contributed by atoms with Gasteiger partial charge in [-0.15, -0.1) is 0 Å². The average Bonchev–Trinajstić information content (AvgIpc) is 2.48. The summed E-state index contributed by atoms with van der Waals surface area (Å²) in [5, 5.41) is 13.9. The standard InChI is InChI=1S/C15H14BrN3O3/c16-13-9-12(19(21)22)6-7-14(13)18-11-4-1-10(2-5-11)3-8-15(17)20/h1-2,4-7,9,18H,3,8H2,(H2,17,20). The van der Waals surface area contributed by atoms with Crippen LogP contribution in [0.3, 0.4) is 0 Å². The lowest BCUT2D eigenvalue weighted by Crippen LogP contribution is -2.11. The first-order valence-corrected chi connectivity index (χ1v) is 7.33. The van der Waals surface area contributed by atoms with Crippen molar-refractivity contribution < 1.29 is 9.72 Å². The molecule has 0 radical (unpaired) electrons. The Morgan fingerprint density at radius 2 is 1.91 bits per heavy atom. The van der Waals surface area contributed by atoms with Crippen LogP contribution in [0.1, 0.15) is 12.0 Å². The zero-order chi connectivity index (χ0) is 16.1. The Labute approximate surface area is 135 Å². The van der Waals surface area contributed by atoms with Gasteiger partial charge in [-0.05, 0) is 46.1 Å². The van der Waals surface area contributed by atoms with Gasteiger partial charge in [-0.1, -0.05) is 12.1 Å². The highest BCUT2D eigenvalue weighted by Gasteiger charge is 2.09. The van der Waals surface area contributed by atoms with E-state index in [1.54, 1.807) is 6.07 Å². The van der Waals surface area contributed by atoms with Gasteiger partial charge in [0.2, 0.25) is 5.91 Å². The molecule has 0 aliphatic carbocycles. The van der Waals surface area contributed by atoms with E-state index < -0.39 is 4.92 Å². The van der Waals surface area contributed by atoms with E-state index in [4.69, 9.17) is 5.73 Å². The number of hydrogen-bond acceptors (Lipinski definition) is 4. The number of aryl methyl sites for hydroxylation is 1. The molecule has 0 saturated heterocycles. The summed E-state index contributed by atoms with van der Waals surface area (Å²) in [5.41, 5.74) is 7.74. The van der Waals surface area contributed by atoms with Crippen LogP contribution in [0.2, 0.25) is 0 Å². The van der Waals surface area contributed by atoms with Gasteiger partial charge in [-0.25, -0.2) is 0 Å².